The molecule has 0 spiro atoms. The number of nitrogens with one attached hydrogen (secondary N) is 2. The Labute approximate surface area is 285 Å². The zero-order valence-corrected chi connectivity index (χ0v) is 27.3. The standard InChI is InChI=1S/C35H30N4O9S/c1-46-28-17-12-22(31(47-2)32(28)48-3)18-27(37-33(41)21-8-5-4-6-9-21)34(42)36-23-10-7-11-26(19-23)49-29-20-30(40)38(35(29)43)24-13-15-25(16-14-24)39(44)45/h4-19,29H,20H2,1-3H3,(H,36,42)(H,37,41). The molecule has 1 unspecified atom stereocenters. The molecule has 5 rings (SSSR count). The normalized spacial score (nSPS) is 14.3. The number of anilines is 2. The van der Waals surface area contributed by atoms with E-state index in [0.717, 1.165) is 16.7 Å². The largest absolute Gasteiger partial charge is 0.493 e. The number of ether oxygens (including phenoxy) is 3. The molecule has 0 bridgehead atoms. The fourth-order valence-corrected chi connectivity index (χ4v) is 6.15. The van der Waals surface area contributed by atoms with Crippen LogP contribution in [0.1, 0.15) is 22.3 Å². The lowest BCUT2D eigenvalue weighted by atomic mass is 10.1. The highest BCUT2D eigenvalue weighted by molar-refractivity contribution is 8.00. The van der Waals surface area contributed by atoms with Crippen molar-refractivity contribution >= 4 is 58.5 Å². The highest BCUT2D eigenvalue weighted by Crippen LogP contribution is 2.41. The average Bonchev–Trinajstić information content (AvgIpc) is 3.39. The van der Waals surface area contributed by atoms with Crippen molar-refractivity contribution in [3.8, 4) is 17.2 Å². The van der Waals surface area contributed by atoms with Crippen molar-refractivity contribution < 1.29 is 38.3 Å². The minimum Gasteiger partial charge on any atom is -0.493 e. The fourth-order valence-electron chi connectivity index (χ4n) is 5.04. The van der Waals surface area contributed by atoms with Gasteiger partial charge < -0.3 is 24.8 Å². The fraction of sp³-hybridized carbons (Fsp3) is 0.143. The van der Waals surface area contributed by atoms with E-state index < -0.39 is 33.8 Å². The molecule has 1 aliphatic heterocycles. The van der Waals surface area contributed by atoms with Gasteiger partial charge in [-0.05, 0) is 60.7 Å². The minimum atomic E-state index is -0.758. The number of non-ortho nitro benzene ring substituents is 1. The summed E-state index contributed by atoms with van der Waals surface area (Å²) in [6, 6.07) is 23.5. The van der Waals surface area contributed by atoms with Gasteiger partial charge in [0.1, 0.15) is 5.70 Å². The first-order valence-corrected chi connectivity index (χ1v) is 15.6. The number of hydrogen-bond acceptors (Lipinski definition) is 10. The summed E-state index contributed by atoms with van der Waals surface area (Å²) in [4.78, 5) is 65.0. The molecule has 0 radical (unpaired) electrons. The van der Waals surface area contributed by atoms with Crippen molar-refractivity contribution in [2.24, 2.45) is 0 Å². The van der Waals surface area contributed by atoms with Gasteiger partial charge in [0.15, 0.2) is 11.5 Å². The minimum absolute atomic E-state index is 0.0807. The van der Waals surface area contributed by atoms with Crippen LogP contribution in [0.15, 0.2) is 102 Å². The third-order valence-electron chi connectivity index (χ3n) is 7.36. The number of carbonyl (C=O) groups excluding carboxylic acids is 4. The van der Waals surface area contributed by atoms with Crippen molar-refractivity contribution in [1.29, 1.82) is 0 Å². The van der Waals surface area contributed by atoms with E-state index in [2.05, 4.69) is 10.6 Å². The smallest absolute Gasteiger partial charge is 0.272 e. The Hall–Kier alpha value is -6.15. The lowest BCUT2D eigenvalue weighted by molar-refractivity contribution is -0.384. The molecular formula is C35H30N4O9S. The third kappa shape index (κ3) is 7.71. The van der Waals surface area contributed by atoms with E-state index in [1.165, 1.54) is 51.7 Å². The molecule has 4 aromatic carbocycles. The van der Waals surface area contributed by atoms with Gasteiger partial charge >= 0.3 is 0 Å². The Kier molecular flexibility index (Phi) is 10.6. The number of imide groups is 1. The highest BCUT2D eigenvalue weighted by Gasteiger charge is 2.40. The zero-order valence-electron chi connectivity index (χ0n) is 26.5. The van der Waals surface area contributed by atoms with Gasteiger partial charge in [-0.2, -0.15) is 0 Å². The summed E-state index contributed by atoms with van der Waals surface area (Å²) < 4.78 is 16.4. The Morgan fingerprint density at radius 3 is 2.27 bits per heavy atom. The Morgan fingerprint density at radius 2 is 1.61 bits per heavy atom. The van der Waals surface area contributed by atoms with Gasteiger partial charge in [0.25, 0.3) is 17.5 Å². The molecule has 1 aliphatic rings. The maximum absolute atomic E-state index is 13.7. The molecule has 0 saturated carbocycles. The number of thioether (sulfide) groups is 1. The van der Waals surface area contributed by atoms with Crippen LogP contribution in [-0.4, -0.2) is 55.1 Å². The summed E-state index contributed by atoms with van der Waals surface area (Å²) in [7, 11) is 4.37. The number of carbonyl (C=O) groups is 4. The van der Waals surface area contributed by atoms with E-state index in [9.17, 15) is 29.3 Å². The second-order valence-corrected chi connectivity index (χ2v) is 11.7. The Morgan fingerprint density at radius 1 is 0.898 bits per heavy atom. The second kappa shape index (κ2) is 15.2. The predicted molar refractivity (Wildman–Crippen MR) is 183 cm³/mol. The van der Waals surface area contributed by atoms with E-state index in [1.54, 1.807) is 66.7 Å². The molecule has 14 heteroatoms. The molecule has 13 nitrogen and oxygen atoms in total. The monoisotopic (exact) mass is 682 g/mol. The number of benzene rings is 4. The average molecular weight is 683 g/mol. The van der Waals surface area contributed by atoms with Gasteiger partial charge in [0.2, 0.25) is 17.6 Å². The summed E-state index contributed by atoms with van der Waals surface area (Å²) in [5.41, 5.74) is 1.09. The first-order chi connectivity index (χ1) is 23.6. The summed E-state index contributed by atoms with van der Waals surface area (Å²) in [6.45, 7) is 0. The number of nitrogens with zero attached hydrogens (tertiary/aromatic N) is 2. The van der Waals surface area contributed by atoms with E-state index in [0.29, 0.717) is 33.2 Å². The summed E-state index contributed by atoms with van der Waals surface area (Å²) >= 11 is 1.14. The van der Waals surface area contributed by atoms with Gasteiger partial charge in [-0.3, -0.25) is 29.3 Å². The SMILES string of the molecule is COc1ccc(C=C(NC(=O)c2ccccc2)C(=O)Nc2cccc(SC3CC(=O)N(c4ccc([N+](=O)[O-])cc4)C3=O)c2)c(OC)c1OC. The van der Waals surface area contributed by atoms with Crippen molar-refractivity contribution in [2.45, 2.75) is 16.6 Å². The zero-order chi connectivity index (χ0) is 35.1. The Bertz CT molecular complexity index is 1950. The topological polar surface area (TPSA) is 166 Å². The lowest BCUT2D eigenvalue weighted by Crippen LogP contribution is -2.31. The quantitative estimate of drug-likeness (QED) is 0.0849. The maximum atomic E-state index is 13.7. The van der Waals surface area contributed by atoms with Gasteiger partial charge in [0.05, 0.1) is 37.2 Å². The van der Waals surface area contributed by atoms with Gasteiger partial charge in [0, 0.05) is 40.3 Å². The van der Waals surface area contributed by atoms with Gasteiger partial charge in [-0.25, -0.2) is 4.90 Å². The van der Waals surface area contributed by atoms with Crippen LogP contribution in [-0.2, 0) is 14.4 Å². The first-order valence-electron chi connectivity index (χ1n) is 14.7. The highest BCUT2D eigenvalue weighted by atomic mass is 32.2. The molecular weight excluding hydrogens is 652 g/mol. The molecule has 1 heterocycles. The van der Waals surface area contributed by atoms with Crippen molar-refractivity contribution in [2.75, 3.05) is 31.5 Å². The van der Waals surface area contributed by atoms with Crippen molar-refractivity contribution in [1.82, 2.24) is 5.32 Å². The number of nitro groups is 1. The number of hydrogen-bond donors (Lipinski definition) is 2. The molecule has 0 aliphatic carbocycles. The predicted octanol–water partition coefficient (Wildman–Crippen LogP) is 5.45. The van der Waals surface area contributed by atoms with Crippen molar-refractivity contribution in [3.05, 3.63) is 118 Å². The lowest BCUT2D eigenvalue weighted by Gasteiger charge is -2.16. The van der Waals surface area contributed by atoms with Gasteiger partial charge in [-0.1, -0.05) is 24.3 Å². The van der Waals surface area contributed by atoms with Crippen LogP contribution >= 0.6 is 11.8 Å². The van der Waals surface area contributed by atoms with Crippen LogP contribution in [0.3, 0.4) is 0 Å². The van der Waals surface area contributed by atoms with E-state index >= 15 is 0 Å². The van der Waals surface area contributed by atoms with Crippen LogP contribution in [0.2, 0.25) is 0 Å². The van der Waals surface area contributed by atoms with E-state index in [4.69, 9.17) is 14.2 Å². The summed E-state index contributed by atoms with van der Waals surface area (Å²) in [6.07, 6.45) is 1.37. The molecule has 250 valence electrons. The molecule has 1 fully saturated rings. The first kappa shape index (κ1) is 34.2. The number of amides is 4. The summed E-state index contributed by atoms with van der Waals surface area (Å²) in [5.74, 6) is -1.09. The van der Waals surface area contributed by atoms with Gasteiger partial charge in [-0.15, -0.1) is 11.8 Å². The number of nitro benzene ring substituents is 1. The number of rotatable bonds is 12. The van der Waals surface area contributed by atoms with Crippen LogP contribution in [0, 0.1) is 10.1 Å². The molecule has 4 amide bonds. The van der Waals surface area contributed by atoms with Crippen LogP contribution in [0.4, 0.5) is 17.1 Å². The third-order valence-corrected chi connectivity index (χ3v) is 8.54. The molecule has 0 aromatic heterocycles. The molecule has 1 atom stereocenters. The van der Waals surface area contributed by atoms with Crippen LogP contribution < -0.4 is 29.7 Å². The number of methoxy groups -OCH3 is 3. The van der Waals surface area contributed by atoms with E-state index in [1.807, 2.05) is 0 Å². The Balaban J connectivity index is 1.38. The van der Waals surface area contributed by atoms with Crippen molar-refractivity contribution in [3.63, 3.8) is 0 Å². The second-order valence-electron chi connectivity index (χ2n) is 10.4. The molecule has 2 N–H and O–H groups in total. The molecule has 49 heavy (non-hydrogen) atoms. The van der Waals surface area contributed by atoms with Crippen LogP contribution in [0.25, 0.3) is 6.08 Å². The summed E-state index contributed by atoms with van der Waals surface area (Å²) in [5, 5.41) is 15.7. The molecule has 1 saturated heterocycles. The van der Waals surface area contributed by atoms with Crippen LogP contribution in [0.5, 0.6) is 17.2 Å². The van der Waals surface area contributed by atoms with E-state index in [-0.39, 0.29) is 29.2 Å². The molecule has 4 aromatic rings. The maximum Gasteiger partial charge on any atom is 0.272 e.